The predicted octanol–water partition coefficient (Wildman–Crippen LogP) is 4.61. The zero-order valence-electron chi connectivity index (χ0n) is 12.0. The van der Waals surface area contributed by atoms with E-state index >= 15 is 0 Å². The zero-order chi connectivity index (χ0) is 15.2. The second-order valence-electron chi connectivity index (χ2n) is 4.74. The topological polar surface area (TPSA) is 9.23 Å². The third kappa shape index (κ3) is 4.00. The Morgan fingerprint density at radius 3 is 2.48 bits per heavy atom. The molecule has 0 amide bonds. The summed E-state index contributed by atoms with van der Waals surface area (Å²) in [4.78, 5) is 0. The van der Waals surface area contributed by atoms with E-state index in [2.05, 4.69) is 11.8 Å². The van der Waals surface area contributed by atoms with Crippen molar-refractivity contribution in [3.05, 3.63) is 64.5 Å². The van der Waals surface area contributed by atoms with Crippen molar-refractivity contribution in [2.75, 3.05) is 5.88 Å². The van der Waals surface area contributed by atoms with Crippen molar-refractivity contribution in [2.45, 2.75) is 20.5 Å². The minimum atomic E-state index is -0.397. The van der Waals surface area contributed by atoms with Gasteiger partial charge in [-0.05, 0) is 42.7 Å². The fourth-order valence-corrected chi connectivity index (χ4v) is 2.11. The van der Waals surface area contributed by atoms with Gasteiger partial charge in [-0.25, -0.2) is 4.39 Å². The summed E-state index contributed by atoms with van der Waals surface area (Å²) in [5, 5.41) is 0. The molecule has 0 aliphatic heterocycles. The quantitative estimate of drug-likeness (QED) is 0.594. The molecule has 0 bridgehead atoms. The van der Waals surface area contributed by atoms with E-state index in [-0.39, 0.29) is 5.88 Å². The Hall–Kier alpha value is -1.98. The molecule has 0 radical (unpaired) electrons. The van der Waals surface area contributed by atoms with Crippen molar-refractivity contribution in [3.8, 4) is 17.6 Å². The zero-order valence-corrected chi connectivity index (χ0v) is 12.8. The summed E-state index contributed by atoms with van der Waals surface area (Å²) in [7, 11) is 0. The maximum atomic E-state index is 13.8. The van der Waals surface area contributed by atoms with Gasteiger partial charge in [0.15, 0.2) is 0 Å². The molecule has 0 atom stereocenters. The second kappa shape index (κ2) is 7.15. The Kier molecular flexibility index (Phi) is 5.25. The number of benzene rings is 2. The molecule has 3 heteroatoms. The average molecular weight is 303 g/mol. The van der Waals surface area contributed by atoms with Gasteiger partial charge in [-0.1, -0.05) is 30.0 Å². The summed E-state index contributed by atoms with van der Waals surface area (Å²) in [5.74, 6) is 5.58. The number of ether oxygens (including phenoxy) is 1. The molecule has 1 nitrogen and oxygen atoms in total. The van der Waals surface area contributed by atoms with Gasteiger partial charge in [0.25, 0.3) is 0 Å². The SMILES string of the molecule is Cc1cccc(C)c1COc1ccc(C#CCCl)c(F)c1. The lowest BCUT2D eigenvalue weighted by Gasteiger charge is -2.11. The Bertz CT molecular complexity index is 678. The summed E-state index contributed by atoms with van der Waals surface area (Å²) in [6.07, 6.45) is 0. The van der Waals surface area contributed by atoms with Crippen LogP contribution in [0.2, 0.25) is 0 Å². The van der Waals surface area contributed by atoms with Gasteiger partial charge in [-0.3, -0.25) is 0 Å². The monoisotopic (exact) mass is 302 g/mol. The largest absolute Gasteiger partial charge is 0.489 e. The van der Waals surface area contributed by atoms with E-state index in [0.29, 0.717) is 17.9 Å². The Morgan fingerprint density at radius 1 is 1.14 bits per heavy atom. The highest BCUT2D eigenvalue weighted by Crippen LogP contribution is 2.20. The lowest BCUT2D eigenvalue weighted by Crippen LogP contribution is -2.01. The minimum absolute atomic E-state index is 0.185. The van der Waals surface area contributed by atoms with Crippen LogP contribution in [0, 0.1) is 31.5 Å². The molecule has 0 N–H and O–H groups in total. The van der Waals surface area contributed by atoms with E-state index in [1.54, 1.807) is 12.1 Å². The van der Waals surface area contributed by atoms with Crippen LogP contribution in [0.25, 0.3) is 0 Å². The number of rotatable bonds is 3. The maximum Gasteiger partial charge on any atom is 0.142 e. The van der Waals surface area contributed by atoms with Gasteiger partial charge in [-0.15, -0.1) is 11.6 Å². The molecule has 2 aromatic rings. The molecule has 2 aromatic carbocycles. The maximum absolute atomic E-state index is 13.8. The predicted molar refractivity (Wildman–Crippen MR) is 84.2 cm³/mol. The first-order valence-electron chi connectivity index (χ1n) is 6.64. The number of halogens is 2. The third-order valence-corrected chi connectivity index (χ3v) is 3.39. The van der Waals surface area contributed by atoms with Crippen LogP contribution in [0.5, 0.6) is 5.75 Å². The van der Waals surface area contributed by atoms with Crippen LogP contribution in [0.3, 0.4) is 0 Å². The highest BCUT2D eigenvalue weighted by Gasteiger charge is 2.05. The smallest absolute Gasteiger partial charge is 0.142 e. The van der Waals surface area contributed by atoms with Crippen molar-refractivity contribution in [3.63, 3.8) is 0 Å². The van der Waals surface area contributed by atoms with Crippen molar-refractivity contribution < 1.29 is 9.13 Å². The third-order valence-electron chi connectivity index (χ3n) is 3.26. The van der Waals surface area contributed by atoms with Crippen LogP contribution in [0.15, 0.2) is 36.4 Å². The van der Waals surface area contributed by atoms with E-state index in [1.807, 2.05) is 32.0 Å². The van der Waals surface area contributed by atoms with Gasteiger partial charge >= 0.3 is 0 Å². The van der Waals surface area contributed by atoms with Crippen LogP contribution in [0.4, 0.5) is 4.39 Å². The molecule has 0 aliphatic rings. The standard InChI is InChI=1S/C18H16ClFO/c1-13-5-3-6-14(2)17(13)12-21-16-9-8-15(7-4-10-19)18(20)11-16/h3,5-6,8-9,11H,10,12H2,1-2H3. The van der Waals surface area contributed by atoms with Crippen molar-refractivity contribution in [1.29, 1.82) is 0 Å². The fraction of sp³-hybridized carbons (Fsp3) is 0.222. The van der Waals surface area contributed by atoms with Crippen LogP contribution in [-0.4, -0.2) is 5.88 Å². The lowest BCUT2D eigenvalue weighted by molar-refractivity contribution is 0.303. The summed E-state index contributed by atoms with van der Waals surface area (Å²) in [5.41, 5.74) is 3.79. The van der Waals surface area contributed by atoms with Gasteiger partial charge < -0.3 is 4.74 Å². The van der Waals surface area contributed by atoms with E-state index in [0.717, 1.165) is 5.56 Å². The molecule has 108 valence electrons. The van der Waals surface area contributed by atoms with E-state index in [9.17, 15) is 4.39 Å². The molecule has 0 saturated carbocycles. The van der Waals surface area contributed by atoms with E-state index < -0.39 is 5.82 Å². The Morgan fingerprint density at radius 2 is 1.86 bits per heavy atom. The van der Waals surface area contributed by atoms with Crippen molar-refractivity contribution in [2.24, 2.45) is 0 Å². The van der Waals surface area contributed by atoms with Gasteiger partial charge in [0.2, 0.25) is 0 Å². The van der Waals surface area contributed by atoms with Crippen molar-refractivity contribution >= 4 is 11.6 Å². The van der Waals surface area contributed by atoms with Crippen LogP contribution in [0.1, 0.15) is 22.3 Å². The molecular formula is C18H16ClFO. The number of hydrogen-bond acceptors (Lipinski definition) is 1. The Labute approximate surface area is 129 Å². The molecule has 0 spiro atoms. The Balaban J connectivity index is 2.12. The molecule has 0 unspecified atom stereocenters. The molecule has 0 heterocycles. The summed E-state index contributed by atoms with van der Waals surface area (Å²) >= 11 is 5.46. The molecule has 0 fully saturated rings. The molecule has 2 rings (SSSR count). The molecule has 0 aromatic heterocycles. The normalized spacial score (nSPS) is 9.90. The van der Waals surface area contributed by atoms with Crippen LogP contribution in [-0.2, 0) is 6.61 Å². The summed E-state index contributed by atoms with van der Waals surface area (Å²) in [6.45, 7) is 4.50. The fourth-order valence-electron chi connectivity index (χ4n) is 2.05. The second-order valence-corrected chi connectivity index (χ2v) is 5.00. The van der Waals surface area contributed by atoms with Crippen LogP contribution >= 0.6 is 11.6 Å². The van der Waals surface area contributed by atoms with Gasteiger partial charge in [0, 0.05) is 6.07 Å². The minimum Gasteiger partial charge on any atom is -0.489 e. The van der Waals surface area contributed by atoms with Crippen LogP contribution < -0.4 is 4.74 Å². The molecule has 21 heavy (non-hydrogen) atoms. The summed E-state index contributed by atoms with van der Waals surface area (Å²) in [6, 6.07) is 10.8. The average Bonchev–Trinajstić information content (AvgIpc) is 2.46. The van der Waals surface area contributed by atoms with Crippen molar-refractivity contribution in [1.82, 2.24) is 0 Å². The first kappa shape index (κ1) is 15.4. The first-order chi connectivity index (χ1) is 10.1. The summed E-state index contributed by atoms with van der Waals surface area (Å²) < 4.78 is 19.5. The molecule has 0 saturated heterocycles. The lowest BCUT2D eigenvalue weighted by atomic mass is 10.0. The molecule has 0 aliphatic carbocycles. The number of alkyl halides is 1. The first-order valence-corrected chi connectivity index (χ1v) is 7.17. The van der Waals surface area contributed by atoms with Gasteiger partial charge in [-0.2, -0.15) is 0 Å². The molecular weight excluding hydrogens is 287 g/mol. The van der Waals surface area contributed by atoms with Gasteiger partial charge in [0.1, 0.15) is 18.2 Å². The number of aryl methyl sites for hydroxylation is 2. The van der Waals surface area contributed by atoms with E-state index in [4.69, 9.17) is 16.3 Å². The van der Waals surface area contributed by atoms with Gasteiger partial charge in [0.05, 0.1) is 11.4 Å². The highest BCUT2D eigenvalue weighted by atomic mass is 35.5. The number of hydrogen-bond donors (Lipinski definition) is 0. The highest BCUT2D eigenvalue weighted by molar-refractivity contribution is 6.19. The van der Waals surface area contributed by atoms with E-state index in [1.165, 1.54) is 17.2 Å².